The van der Waals surface area contributed by atoms with Crippen LogP contribution in [-0.2, 0) is 20.9 Å². The second kappa shape index (κ2) is 8.01. The van der Waals surface area contributed by atoms with Crippen molar-refractivity contribution >= 4 is 34.7 Å². The summed E-state index contributed by atoms with van der Waals surface area (Å²) in [6, 6.07) is 7.94. The van der Waals surface area contributed by atoms with Crippen molar-refractivity contribution in [2.75, 3.05) is 19.4 Å². The van der Waals surface area contributed by atoms with E-state index in [1.165, 1.54) is 18.9 Å². The van der Waals surface area contributed by atoms with Crippen molar-refractivity contribution in [1.82, 2.24) is 14.9 Å². The number of esters is 1. The van der Waals surface area contributed by atoms with Crippen molar-refractivity contribution in [2.24, 2.45) is 5.92 Å². The number of carbonyl (C=O) groups is 2. The maximum Gasteiger partial charge on any atom is 0.325 e. The van der Waals surface area contributed by atoms with Gasteiger partial charge in [-0.2, -0.15) is 0 Å². The van der Waals surface area contributed by atoms with E-state index in [1.54, 1.807) is 0 Å². The van der Waals surface area contributed by atoms with Crippen molar-refractivity contribution < 1.29 is 14.3 Å². The smallest absolute Gasteiger partial charge is 0.325 e. The van der Waals surface area contributed by atoms with Crippen LogP contribution < -0.4 is 5.32 Å². The van der Waals surface area contributed by atoms with Crippen LogP contribution in [0.3, 0.4) is 0 Å². The van der Waals surface area contributed by atoms with E-state index < -0.39 is 5.97 Å². The molecule has 0 radical (unpaired) electrons. The number of para-hydroxylation sites is 2. The third-order valence-corrected chi connectivity index (χ3v) is 4.13. The highest BCUT2D eigenvalue weighted by atomic mass is 32.2. The summed E-state index contributed by atoms with van der Waals surface area (Å²) in [5.74, 6) is -0.00245. The molecule has 0 aliphatic rings. The number of methoxy groups -OCH3 is 1. The molecule has 0 atom stereocenters. The number of benzene rings is 1. The zero-order valence-electron chi connectivity index (χ0n) is 13.5. The van der Waals surface area contributed by atoms with Crippen LogP contribution in [0.4, 0.5) is 0 Å². The number of rotatable bonds is 7. The molecule has 0 saturated carbocycles. The van der Waals surface area contributed by atoms with Crippen LogP contribution in [0, 0.1) is 5.92 Å². The second-order valence-electron chi connectivity index (χ2n) is 5.53. The van der Waals surface area contributed by atoms with Crippen molar-refractivity contribution in [1.29, 1.82) is 0 Å². The molecule has 1 aromatic heterocycles. The molecule has 0 unspecified atom stereocenters. The van der Waals surface area contributed by atoms with Gasteiger partial charge in [0.25, 0.3) is 0 Å². The van der Waals surface area contributed by atoms with Crippen molar-refractivity contribution in [3.05, 3.63) is 24.3 Å². The molecule has 1 amide bonds. The van der Waals surface area contributed by atoms with Gasteiger partial charge in [-0.15, -0.1) is 0 Å². The highest BCUT2D eigenvalue weighted by molar-refractivity contribution is 7.99. The number of hydrogen-bond donors (Lipinski definition) is 1. The zero-order valence-corrected chi connectivity index (χ0v) is 14.4. The molecule has 23 heavy (non-hydrogen) atoms. The fourth-order valence-electron chi connectivity index (χ4n) is 2.13. The molecule has 0 fully saturated rings. The van der Waals surface area contributed by atoms with Gasteiger partial charge in [0.1, 0.15) is 6.54 Å². The van der Waals surface area contributed by atoms with Gasteiger partial charge in [-0.1, -0.05) is 37.7 Å². The summed E-state index contributed by atoms with van der Waals surface area (Å²) in [7, 11) is 1.29. The predicted molar refractivity (Wildman–Crippen MR) is 90.3 cm³/mol. The van der Waals surface area contributed by atoms with Crippen LogP contribution in [-0.4, -0.2) is 40.8 Å². The van der Waals surface area contributed by atoms with Crippen molar-refractivity contribution in [2.45, 2.75) is 25.5 Å². The van der Waals surface area contributed by atoms with Gasteiger partial charge in [0.15, 0.2) is 5.16 Å². The van der Waals surface area contributed by atoms with Crippen LogP contribution in [0.1, 0.15) is 13.8 Å². The van der Waals surface area contributed by atoms with Gasteiger partial charge in [0.05, 0.1) is 23.9 Å². The third kappa shape index (κ3) is 4.72. The van der Waals surface area contributed by atoms with E-state index in [0.29, 0.717) is 5.92 Å². The lowest BCUT2D eigenvalue weighted by atomic mass is 10.2. The fraction of sp³-hybridized carbons (Fsp3) is 0.438. The van der Waals surface area contributed by atoms with Gasteiger partial charge >= 0.3 is 5.97 Å². The minimum atomic E-state index is -0.463. The van der Waals surface area contributed by atoms with Crippen molar-refractivity contribution in [3.63, 3.8) is 0 Å². The van der Waals surface area contributed by atoms with Gasteiger partial charge in [0.2, 0.25) is 5.91 Å². The first-order chi connectivity index (χ1) is 11.0. The average molecular weight is 335 g/mol. The number of imidazole rings is 1. The van der Waals surface area contributed by atoms with Crippen LogP contribution in [0.25, 0.3) is 11.0 Å². The number of amides is 1. The molecule has 0 saturated heterocycles. The second-order valence-corrected chi connectivity index (χ2v) is 6.47. The Hall–Kier alpha value is -2.02. The zero-order chi connectivity index (χ0) is 16.8. The minimum Gasteiger partial charge on any atom is -0.468 e. The molecule has 0 aliphatic heterocycles. The molecule has 6 nitrogen and oxygen atoms in total. The predicted octanol–water partition coefficient (Wildman–Crippen LogP) is 2.07. The summed E-state index contributed by atoms with van der Waals surface area (Å²) in [6.45, 7) is 5.02. The Morgan fingerprint density at radius 3 is 2.78 bits per heavy atom. The highest BCUT2D eigenvalue weighted by Crippen LogP contribution is 2.25. The number of nitrogens with one attached hydrogen (secondary N) is 1. The van der Waals surface area contributed by atoms with Gasteiger partial charge < -0.3 is 14.6 Å². The molecular formula is C16H21N3O3S. The Balaban J connectivity index is 2.07. The van der Waals surface area contributed by atoms with Crippen LogP contribution in [0.2, 0.25) is 0 Å². The van der Waals surface area contributed by atoms with Crippen LogP contribution in [0.15, 0.2) is 29.4 Å². The summed E-state index contributed by atoms with van der Waals surface area (Å²) in [4.78, 5) is 27.4. The SMILES string of the molecule is COC(=O)CNC(=O)CSc1nc2ccccc2n1CC(C)C. The third-order valence-electron chi connectivity index (χ3n) is 3.16. The monoisotopic (exact) mass is 335 g/mol. The summed E-state index contributed by atoms with van der Waals surface area (Å²) < 4.78 is 6.63. The first kappa shape index (κ1) is 17.3. The Morgan fingerprint density at radius 1 is 1.35 bits per heavy atom. The van der Waals surface area contributed by atoms with Crippen LogP contribution in [0.5, 0.6) is 0 Å². The first-order valence-corrected chi connectivity index (χ1v) is 8.41. The Labute approximate surface area is 139 Å². The molecule has 0 aliphatic carbocycles. The van der Waals surface area contributed by atoms with E-state index in [0.717, 1.165) is 22.7 Å². The topological polar surface area (TPSA) is 73.2 Å². The Kier molecular flexibility index (Phi) is 6.04. The summed E-state index contributed by atoms with van der Waals surface area (Å²) >= 11 is 1.37. The largest absolute Gasteiger partial charge is 0.468 e. The lowest BCUT2D eigenvalue weighted by molar-refractivity contribution is -0.140. The standard InChI is InChI=1S/C16H21N3O3S/c1-11(2)9-19-13-7-5-4-6-12(13)18-16(19)23-10-14(20)17-8-15(21)22-3/h4-7,11H,8-10H2,1-3H3,(H,17,20). The Morgan fingerprint density at radius 2 is 2.09 bits per heavy atom. The fourth-order valence-corrected chi connectivity index (χ4v) is 2.98. The molecule has 2 rings (SSSR count). The minimum absolute atomic E-state index is 0.113. The molecule has 0 bridgehead atoms. The molecule has 1 aromatic carbocycles. The number of aromatic nitrogens is 2. The quantitative estimate of drug-likeness (QED) is 0.619. The number of nitrogens with zero attached hydrogens (tertiary/aromatic N) is 2. The number of ether oxygens (including phenoxy) is 1. The maximum atomic E-state index is 11.8. The van der Waals surface area contributed by atoms with E-state index in [4.69, 9.17) is 0 Å². The molecule has 124 valence electrons. The highest BCUT2D eigenvalue weighted by Gasteiger charge is 2.14. The number of carbonyl (C=O) groups excluding carboxylic acids is 2. The number of hydrogen-bond acceptors (Lipinski definition) is 5. The van der Waals surface area contributed by atoms with E-state index in [1.807, 2.05) is 24.3 Å². The van der Waals surface area contributed by atoms with E-state index in [2.05, 4.69) is 33.5 Å². The first-order valence-electron chi connectivity index (χ1n) is 7.43. The molecule has 0 spiro atoms. The lowest BCUT2D eigenvalue weighted by Gasteiger charge is -2.11. The Bertz CT molecular complexity index is 697. The van der Waals surface area contributed by atoms with Gasteiger partial charge in [-0.3, -0.25) is 9.59 Å². The van der Waals surface area contributed by atoms with Gasteiger partial charge in [0, 0.05) is 6.54 Å². The van der Waals surface area contributed by atoms with Crippen molar-refractivity contribution in [3.8, 4) is 0 Å². The van der Waals surface area contributed by atoms with E-state index >= 15 is 0 Å². The summed E-state index contributed by atoms with van der Waals surface area (Å²) in [5, 5.41) is 3.34. The number of fused-ring (bicyclic) bond motifs is 1. The number of thioether (sulfide) groups is 1. The normalized spacial score (nSPS) is 11.0. The molecule has 2 aromatic rings. The van der Waals surface area contributed by atoms with Gasteiger partial charge in [-0.05, 0) is 18.1 Å². The average Bonchev–Trinajstić information content (AvgIpc) is 2.88. The van der Waals surface area contributed by atoms with Crippen LogP contribution >= 0.6 is 11.8 Å². The molecular weight excluding hydrogens is 314 g/mol. The van der Waals surface area contributed by atoms with E-state index in [-0.39, 0.29) is 18.2 Å². The maximum absolute atomic E-state index is 11.8. The van der Waals surface area contributed by atoms with E-state index in [9.17, 15) is 9.59 Å². The summed E-state index contributed by atoms with van der Waals surface area (Å²) in [5.41, 5.74) is 1.99. The summed E-state index contributed by atoms with van der Waals surface area (Å²) in [6.07, 6.45) is 0. The molecule has 7 heteroatoms. The van der Waals surface area contributed by atoms with Gasteiger partial charge in [-0.25, -0.2) is 4.98 Å². The lowest BCUT2D eigenvalue weighted by Crippen LogP contribution is -2.31. The molecule has 1 N–H and O–H groups in total. The molecule has 1 heterocycles.